The highest BCUT2D eigenvalue weighted by Gasteiger charge is 2.13. The molecule has 0 rings (SSSR count). The molecule has 0 bridgehead atoms. The van der Waals surface area contributed by atoms with Crippen LogP contribution in [0.15, 0.2) is 0 Å². The number of nitrogens with two attached hydrogens (primary N) is 1. The second-order valence-electron chi connectivity index (χ2n) is 2.51. The Morgan fingerprint density at radius 2 is 2.09 bits per heavy atom. The van der Waals surface area contributed by atoms with Gasteiger partial charge in [0.05, 0.1) is 19.8 Å². The van der Waals surface area contributed by atoms with Crippen molar-refractivity contribution in [2.75, 3.05) is 13.7 Å². The SMILES string of the molecule is COC(=O)[C@@H](N)COC(C)C. The number of carbonyl (C=O) groups is 1. The van der Waals surface area contributed by atoms with Gasteiger partial charge in [0.1, 0.15) is 6.04 Å². The third-order valence-electron chi connectivity index (χ3n) is 1.11. The van der Waals surface area contributed by atoms with E-state index in [4.69, 9.17) is 10.5 Å². The van der Waals surface area contributed by atoms with E-state index >= 15 is 0 Å². The second kappa shape index (κ2) is 5.09. The fourth-order valence-electron chi connectivity index (χ4n) is 0.516. The van der Waals surface area contributed by atoms with Crippen molar-refractivity contribution >= 4 is 5.97 Å². The number of rotatable bonds is 4. The van der Waals surface area contributed by atoms with E-state index in [1.165, 1.54) is 7.11 Å². The minimum atomic E-state index is -0.664. The van der Waals surface area contributed by atoms with Crippen LogP contribution in [0.1, 0.15) is 13.8 Å². The van der Waals surface area contributed by atoms with Crippen LogP contribution in [0.5, 0.6) is 0 Å². The molecular weight excluding hydrogens is 146 g/mol. The van der Waals surface area contributed by atoms with Crippen LogP contribution >= 0.6 is 0 Å². The van der Waals surface area contributed by atoms with Gasteiger partial charge in [0.15, 0.2) is 0 Å². The molecule has 0 spiro atoms. The first kappa shape index (κ1) is 10.4. The molecule has 11 heavy (non-hydrogen) atoms. The summed E-state index contributed by atoms with van der Waals surface area (Å²) in [5, 5.41) is 0. The van der Waals surface area contributed by atoms with Crippen molar-refractivity contribution in [3.63, 3.8) is 0 Å². The third-order valence-corrected chi connectivity index (χ3v) is 1.11. The molecule has 4 nitrogen and oxygen atoms in total. The number of hydrogen-bond acceptors (Lipinski definition) is 4. The molecule has 0 saturated carbocycles. The minimum absolute atomic E-state index is 0.0886. The Morgan fingerprint density at radius 1 is 1.55 bits per heavy atom. The molecule has 0 heterocycles. The zero-order chi connectivity index (χ0) is 8.85. The summed E-state index contributed by atoms with van der Waals surface area (Å²) in [4.78, 5) is 10.7. The Bertz CT molecular complexity index is 125. The molecule has 0 saturated heterocycles. The van der Waals surface area contributed by atoms with Gasteiger partial charge in [-0.15, -0.1) is 0 Å². The Balaban J connectivity index is 3.52. The lowest BCUT2D eigenvalue weighted by Gasteiger charge is -2.11. The van der Waals surface area contributed by atoms with E-state index in [9.17, 15) is 4.79 Å². The Labute approximate surface area is 66.7 Å². The maximum absolute atomic E-state index is 10.7. The summed E-state index contributed by atoms with van der Waals surface area (Å²) < 4.78 is 9.50. The van der Waals surface area contributed by atoms with E-state index in [1.807, 2.05) is 13.8 Å². The molecule has 0 aliphatic carbocycles. The van der Waals surface area contributed by atoms with Gasteiger partial charge in [0.25, 0.3) is 0 Å². The maximum atomic E-state index is 10.7. The molecule has 0 radical (unpaired) electrons. The Morgan fingerprint density at radius 3 is 2.45 bits per heavy atom. The predicted octanol–water partition coefficient (Wildman–Crippen LogP) is -0.0883. The van der Waals surface area contributed by atoms with Gasteiger partial charge >= 0.3 is 5.97 Å². The van der Waals surface area contributed by atoms with Crippen LogP contribution in [0.25, 0.3) is 0 Å². The van der Waals surface area contributed by atoms with E-state index in [-0.39, 0.29) is 12.7 Å². The largest absolute Gasteiger partial charge is 0.468 e. The Kier molecular flexibility index (Phi) is 4.81. The van der Waals surface area contributed by atoms with Gasteiger partial charge in [0.2, 0.25) is 0 Å². The fraction of sp³-hybridized carbons (Fsp3) is 0.857. The summed E-state index contributed by atoms with van der Waals surface area (Å²) >= 11 is 0. The van der Waals surface area contributed by atoms with Gasteiger partial charge in [-0.1, -0.05) is 0 Å². The van der Waals surface area contributed by atoms with Crippen molar-refractivity contribution in [3.8, 4) is 0 Å². The maximum Gasteiger partial charge on any atom is 0.325 e. The molecule has 0 aromatic rings. The third kappa shape index (κ3) is 4.75. The summed E-state index contributed by atoms with van der Waals surface area (Å²) in [6.07, 6.45) is 0.0886. The Hall–Kier alpha value is -0.610. The molecular formula is C7H15NO3. The van der Waals surface area contributed by atoms with Crippen molar-refractivity contribution in [2.45, 2.75) is 26.0 Å². The monoisotopic (exact) mass is 161 g/mol. The molecule has 66 valence electrons. The smallest absolute Gasteiger partial charge is 0.325 e. The molecule has 4 heteroatoms. The predicted molar refractivity (Wildman–Crippen MR) is 41.1 cm³/mol. The first-order valence-electron chi connectivity index (χ1n) is 3.53. The zero-order valence-electron chi connectivity index (χ0n) is 7.16. The van der Waals surface area contributed by atoms with Crippen LogP contribution < -0.4 is 5.73 Å². The lowest BCUT2D eigenvalue weighted by atomic mass is 10.3. The molecule has 0 aliphatic rings. The number of methoxy groups -OCH3 is 1. The standard InChI is InChI=1S/C7H15NO3/c1-5(2)11-4-6(8)7(9)10-3/h5-6H,4,8H2,1-3H3/t6-/m0/s1. The summed E-state index contributed by atoms with van der Waals surface area (Å²) in [6, 6.07) is -0.664. The van der Waals surface area contributed by atoms with E-state index in [1.54, 1.807) is 0 Å². The van der Waals surface area contributed by atoms with Gasteiger partial charge in [-0.05, 0) is 13.8 Å². The molecule has 0 fully saturated rings. The van der Waals surface area contributed by atoms with Gasteiger partial charge in [-0.25, -0.2) is 0 Å². The summed E-state index contributed by atoms with van der Waals surface area (Å²) in [5.41, 5.74) is 5.38. The van der Waals surface area contributed by atoms with E-state index in [0.29, 0.717) is 0 Å². The highest BCUT2D eigenvalue weighted by Crippen LogP contribution is 1.91. The van der Waals surface area contributed by atoms with Crippen molar-refractivity contribution in [1.29, 1.82) is 0 Å². The molecule has 0 aromatic carbocycles. The van der Waals surface area contributed by atoms with Gasteiger partial charge in [-0.3, -0.25) is 4.79 Å². The van der Waals surface area contributed by atoms with Gasteiger partial charge in [-0.2, -0.15) is 0 Å². The average Bonchev–Trinajstić information content (AvgIpc) is 1.98. The van der Waals surface area contributed by atoms with Crippen LogP contribution in [-0.2, 0) is 14.3 Å². The molecule has 0 aromatic heterocycles. The number of hydrogen-bond donors (Lipinski definition) is 1. The van der Waals surface area contributed by atoms with Crippen LogP contribution in [0.2, 0.25) is 0 Å². The summed E-state index contributed by atoms with van der Waals surface area (Å²) in [7, 11) is 1.30. The fourth-order valence-corrected chi connectivity index (χ4v) is 0.516. The zero-order valence-corrected chi connectivity index (χ0v) is 7.16. The van der Waals surface area contributed by atoms with Crippen LogP contribution in [0.3, 0.4) is 0 Å². The van der Waals surface area contributed by atoms with Crippen molar-refractivity contribution in [2.24, 2.45) is 5.73 Å². The van der Waals surface area contributed by atoms with Crippen molar-refractivity contribution in [1.82, 2.24) is 0 Å². The van der Waals surface area contributed by atoms with E-state index in [0.717, 1.165) is 0 Å². The first-order chi connectivity index (χ1) is 5.07. The molecule has 0 aliphatic heterocycles. The molecule has 2 N–H and O–H groups in total. The van der Waals surface area contributed by atoms with Crippen LogP contribution in [-0.4, -0.2) is 31.8 Å². The van der Waals surface area contributed by atoms with Gasteiger partial charge < -0.3 is 15.2 Å². The van der Waals surface area contributed by atoms with Gasteiger partial charge in [0, 0.05) is 0 Å². The highest BCUT2D eigenvalue weighted by molar-refractivity contribution is 5.75. The number of ether oxygens (including phenoxy) is 2. The van der Waals surface area contributed by atoms with Crippen LogP contribution in [0.4, 0.5) is 0 Å². The summed E-state index contributed by atoms with van der Waals surface area (Å²) in [6.45, 7) is 3.97. The summed E-state index contributed by atoms with van der Waals surface area (Å²) in [5.74, 6) is -0.439. The number of esters is 1. The molecule has 0 amide bonds. The van der Waals surface area contributed by atoms with Crippen molar-refractivity contribution < 1.29 is 14.3 Å². The molecule has 0 unspecified atom stereocenters. The molecule has 1 atom stereocenters. The highest BCUT2D eigenvalue weighted by atomic mass is 16.5. The normalized spacial score (nSPS) is 13.2. The lowest BCUT2D eigenvalue weighted by Crippen LogP contribution is -2.36. The van der Waals surface area contributed by atoms with E-state index < -0.39 is 12.0 Å². The number of carbonyl (C=O) groups excluding carboxylic acids is 1. The van der Waals surface area contributed by atoms with Crippen molar-refractivity contribution in [3.05, 3.63) is 0 Å². The first-order valence-corrected chi connectivity index (χ1v) is 3.53. The van der Waals surface area contributed by atoms with Crippen LogP contribution in [0, 0.1) is 0 Å². The minimum Gasteiger partial charge on any atom is -0.468 e. The topological polar surface area (TPSA) is 61.5 Å². The van der Waals surface area contributed by atoms with E-state index in [2.05, 4.69) is 4.74 Å². The average molecular weight is 161 g/mol. The quantitative estimate of drug-likeness (QED) is 0.585. The lowest BCUT2D eigenvalue weighted by molar-refractivity contribution is -0.144. The second-order valence-corrected chi connectivity index (χ2v) is 2.51.